The Morgan fingerprint density at radius 3 is 2.51 bits per heavy atom. The number of benzene rings is 1. The summed E-state index contributed by atoms with van der Waals surface area (Å²) in [6, 6.07) is 5.32. The highest BCUT2D eigenvalue weighted by Gasteiger charge is 2.47. The van der Waals surface area contributed by atoms with E-state index >= 15 is 0 Å². The van der Waals surface area contributed by atoms with Crippen LogP contribution >= 0.6 is 0 Å². The molecule has 1 N–H and O–H groups in total. The number of carboxylic acids is 1. The lowest BCUT2D eigenvalue weighted by Crippen LogP contribution is -2.44. The summed E-state index contributed by atoms with van der Waals surface area (Å²) in [7, 11) is 0. The Balaban J connectivity index is 1.58. The van der Waals surface area contributed by atoms with Gasteiger partial charge in [0, 0.05) is 38.0 Å². The summed E-state index contributed by atoms with van der Waals surface area (Å²) in [4.78, 5) is 34.5. The number of amides is 1. The van der Waals surface area contributed by atoms with E-state index in [-0.39, 0.29) is 31.2 Å². The predicted molar refractivity (Wildman–Crippen MR) is 138 cm³/mol. The number of aliphatic carboxylic acids is 1. The number of oxazole rings is 1. The minimum Gasteiger partial charge on any atom is -0.481 e. The molecule has 0 bridgehead atoms. The summed E-state index contributed by atoms with van der Waals surface area (Å²) >= 11 is 0. The molecule has 4 rings (SSSR count). The number of ether oxygens (including phenoxy) is 2. The molecule has 0 saturated carbocycles. The van der Waals surface area contributed by atoms with Crippen LogP contribution in [-0.4, -0.2) is 70.8 Å². The van der Waals surface area contributed by atoms with E-state index in [4.69, 9.17) is 13.9 Å². The molecule has 1 amide bonds. The molecule has 1 aromatic heterocycles. The largest absolute Gasteiger partial charge is 0.481 e. The lowest BCUT2D eigenvalue weighted by molar-refractivity contribution is -0.143. The van der Waals surface area contributed by atoms with Gasteiger partial charge in [-0.2, -0.15) is 0 Å². The van der Waals surface area contributed by atoms with Crippen LogP contribution in [0.4, 0.5) is 0 Å². The van der Waals surface area contributed by atoms with E-state index < -0.39 is 11.9 Å². The number of hydrogen-bond acceptors (Lipinski definition) is 7. The summed E-state index contributed by atoms with van der Waals surface area (Å²) in [5.74, 6) is 0.859. The van der Waals surface area contributed by atoms with Crippen molar-refractivity contribution in [3.8, 4) is 11.5 Å². The van der Waals surface area contributed by atoms with Crippen LogP contribution in [-0.2, 0) is 16.0 Å². The van der Waals surface area contributed by atoms with Gasteiger partial charge in [0.2, 0.25) is 12.7 Å². The fourth-order valence-electron chi connectivity index (χ4n) is 5.46. The topological polar surface area (TPSA) is 105 Å². The van der Waals surface area contributed by atoms with Gasteiger partial charge in [-0.15, -0.1) is 0 Å². The van der Waals surface area contributed by atoms with Gasteiger partial charge in [0.05, 0.1) is 18.7 Å². The average molecular weight is 514 g/mol. The van der Waals surface area contributed by atoms with Gasteiger partial charge in [0.1, 0.15) is 5.76 Å². The molecule has 0 aliphatic carbocycles. The molecule has 3 heterocycles. The minimum atomic E-state index is -0.861. The van der Waals surface area contributed by atoms with Crippen LogP contribution in [0.2, 0.25) is 0 Å². The van der Waals surface area contributed by atoms with Gasteiger partial charge in [-0.1, -0.05) is 32.8 Å². The SMILES string of the molecule is CCCCN(CCCC)C(=O)CN1CC(c2ccc3c(c2)OCO3)C(C(=O)O)C1CCc1ncc(C)o1. The lowest BCUT2D eigenvalue weighted by Gasteiger charge is -2.29. The summed E-state index contributed by atoms with van der Waals surface area (Å²) in [6.07, 6.45) is 6.68. The zero-order valence-corrected chi connectivity index (χ0v) is 22.1. The predicted octanol–water partition coefficient (Wildman–Crippen LogP) is 4.24. The highest BCUT2D eigenvalue weighted by atomic mass is 16.7. The van der Waals surface area contributed by atoms with E-state index in [9.17, 15) is 14.7 Å². The van der Waals surface area contributed by atoms with Gasteiger partial charge in [0.25, 0.3) is 0 Å². The first-order valence-corrected chi connectivity index (χ1v) is 13.5. The monoisotopic (exact) mass is 513 g/mol. The molecule has 2 aliphatic rings. The average Bonchev–Trinajstić information content (AvgIpc) is 3.60. The molecule has 0 spiro atoms. The van der Waals surface area contributed by atoms with Crippen LogP contribution in [0.5, 0.6) is 11.5 Å². The Morgan fingerprint density at radius 2 is 1.86 bits per heavy atom. The number of fused-ring (bicyclic) bond motifs is 1. The van der Waals surface area contributed by atoms with E-state index in [0.717, 1.165) is 50.1 Å². The van der Waals surface area contributed by atoms with Crippen molar-refractivity contribution in [2.45, 2.75) is 71.3 Å². The molecule has 3 unspecified atom stereocenters. The molecule has 0 radical (unpaired) electrons. The molecule has 202 valence electrons. The van der Waals surface area contributed by atoms with Crippen molar-refractivity contribution in [3.05, 3.63) is 41.6 Å². The van der Waals surface area contributed by atoms with Crippen LogP contribution in [0.1, 0.15) is 69.1 Å². The Kier molecular flexibility index (Phi) is 9.08. The summed E-state index contributed by atoms with van der Waals surface area (Å²) < 4.78 is 16.7. The lowest BCUT2D eigenvalue weighted by atomic mass is 9.83. The molecule has 2 aliphatic heterocycles. The highest BCUT2D eigenvalue weighted by molar-refractivity contribution is 5.79. The first-order chi connectivity index (χ1) is 17.9. The molecular formula is C28H39N3O6. The Hall–Kier alpha value is -3.07. The van der Waals surface area contributed by atoms with Gasteiger partial charge in [-0.3, -0.25) is 14.5 Å². The van der Waals surface area contributed by atoms with Crippen molar-refractivity contribution < 1.29 is 28.6 Å². The molecule has 1 saturated heterocycles. The molecule has 9 heteroatoms. The Bertz CT molecular complexity index is 1060. The van der Waals surface area contributed by atoms with E-state index in [1.165, 1.54) is 0 Å². The van der Waals surface area contributed by atoms with Crippen LogP contribution in [0.25, 0.3) is 0 Å². The third kappa shape index (κ3) is 6.44. The minimum absolute atomic E-state index is 0.0642. The van der Waals surface area contributed by atoms with Gasteiger partial charge in [0.15, 0.2) is 17.4 Å². The fraction of sp³-hybridized carbons (Fsp3) is 0.607. The highest BCUT2D eigenvalue weighted by Crippen LogP contribution is 2.43. The third-order valence-electron chi connectivity index (χ3n) is 7.44. The van der Waals surface area contributed by atoms with Crippen molar-refractivity contribution in [3.63, 3.8) is 0 Å². The van der Waals surface area contributed by atoms with Crippen molar-refractivity contribution in [1.29, 1.82) is 0 Å². The van der Waals surface area contributed by atoms with Gasteiger partial charge in [-0.25, -0.2) is 4.98 Å². The first-order valence-electron chi connectivity index (χ1n) is 13.5. The summed E-state index contributed by atoms with van der Waals surface area (Å²) in [6.45, 7) is 8.40. The van der Waals surface area contributed by atoms with E-state index in [1.54, 1.807) is 6.20 Å². The zero-order chi connectivity index (χ0) is 26.4. The number of hydrogen-bond donors (Lipinski definition) is 1. The van der Waals surface area contributed by atoms with Crippen molar-refractivity contribution in [1.82, 2.24) is 14.8 Å². The Morgan fingerprint density at radius 1 is 1.14 bits per heavy atom. The van der Waals surface area contributed by atoms with E-state index in [0.29, 0.717) is 36.8 Å². The number of aromatic nitrogens is 1. The number of nitrogens with zero attached hydrogens (tertiary/aromatic N) is 3. The number of unbranched alkanes of at least 4 members (excludes halogenated alkanes) is 2. The van der Waals surface area contributed by atoms with Crippen LogP contribution < -0.4 is 9.47 Å². The second kappa shape index (κ2) is 12.4. The number of carbonyl (C=O) groups excluding carboxylic acids is 1. The molecule has 1 fully saturated rings. The third-order valence-corrected chi connectivity index (χ3v) is 7.44. The normalized spacial score (nSPS) is 20.9. The first kappa shape index (κ1) is 27.0. The summed E-state index contributed by atoms with van der Waals surface area (Å²) in [5.41, 5.74) is 0.886. The van der Waals surface area contributed by atoms with Crippen molar-refractivity contribution in [2.75, 3.05) is 33.0 Å². The molecule has 37 heavy (non-hydrogen) atoms. The maximum atomic E-state index is 13.5. The Labute approximate surface area is 218 Å². The molecular weight excluding hydrogens is 474 g/mol. The maximum Gasteiger partial charge on any atom is 0.308 e. The number of carboxylic acid groups (broad SMARTS) is 1. The quantitative estimate of drug-likeness (QED) is 0.424. The van der Waals surface area contributed by atoms with E-state index in [1.807, 2.05) is 30.0 Å². The zero-order valence-electron chi connectivity index (χ0n) is 22.1. The van der Waals surface area contributed by atoms with Gasteiger partial charge in [-0.05, 0) is 43.9 Å². The number of likely N-dealkylation sites (tertiary alicyclic amines) is 1. The van der Waals surface area contributed by atoms with Crippen molar-refractivity contribution >= 4 is 11.9 Å². The molecule has 1 aromatic carbocycles. The number of carbonyl (C=O) groups is 2. The van der Waals surface area contributed by atoms with E-state index in [2.05, 4.69) is 23.7 Å². The molecule has 9 nitrogen and oxygen atoms in total. The maximum absolute atomic E-state index is 13.5. The number of rotatable bonds is 13. The second-order valence-corrected chi connectivity index (χ2v) is 10.1. The fourth-order valence-corrected chi connectivity index (χ4v) is 5.46. The molecule has 2 aromatic rings. The number of aryl methyl sites for hydroxylation is 2. The molecule has 3 atom stereocenters. The van der Waals surface area contributed by atoms with Crippen molar-refractivity contribution in [2.24, 2.45) is 5.92 Å². The smallest absolute Gasteiger partial charge is 0.308 e. The van der Waals surface area contributed by atoms with Gasteiger partial charge >= 0.3 is 5.97 Å². The standard InChI is InChI=1S/C28H39N3O6/c1-4-6-12-30(13-7-5-2)26(32)17-31-16-21(20-8-10-23-24(14-20)36-18-35-23)27(28(33)34)22(31)9-11-25-29-15-19(3)37-25/h8,10,14-15,21-22,27H,4-7,9,11-13,16-18H2,1-3H3,(H,33,34). The van der Waals surface area contributed by atoms with Gasteiger partial charge < -0.3 is 23.9 Å². The van der Waals surface area contributed by atoms with Crippen LogP contribution in [0, 0.1) is 12.8 Å². The van der Waals surface area contributed by atoms with Crippen LogP contribution in [0.3, 0.4) is 0 Å². The van der Waals surface area contributed by atoms with Crippen LogP contribution in [0.15, 0.2) is 28.8 Å². The second-order valence-electron chi connectivity index (χ2n) is 10.1. The summed E-state index contributed by atoms with van der Waals surface area (Å²) in [5, 5.41) is 10.4.